The van der Waals surface area contributed by atoms with E-state index >= 15 is 0 Å². The molecule has 0 aromatic heterocycles. The highest BCUT2D eigenvalue weighted by molar-refractivity contribution is 7.80. The second kappa shape index (κ2) is 9.37. The molecule has 1 unspecified atom stereocenters. The summed E-state index contributed by atoms with van der Waals surface area (Å²) in [5.41, 5.74) is 5.34. The van der Waals surface area contributed by atoms with Gasteiger partial charge in [-0.05, 0) is 43.3 Å². The monoisotopic (exact) mass is 442 g/mol. The van der Waals surface area contributed by atoms with Crippen molar-refractivity contribution in [1.29, 1.82) is 0 Å². The lowest BCUT2D eigenvalue weighted by atomic mass is 9.89. The molecule has 0 aliphatic carbocycles. The number of ether oxygens (including phenoxy) is 1. The van der Waals surface area contributed by atoms with Crippen LogP contribution in [0, 0.1) is 6.92 Å². The lowest BCUT2D eigenvalue weighted by Crippen LogP contribution is -2.45. The third kappa shape index (κ3) is 4.30. The van der Waals surface area contributed by atoms with Crippen LogP contribution in [0.3, 0.4) is 0 Å². The van der Waals surface area contributed by atoms with Crippen LogP contribution in [0.4, 0.5) is 0 Å². The van der Waals surface area contributed by atoms with Crippen LogP contribution in [0.25, 0.3) is 0 Å². The first-order valence-corrected chi connectivity index (χ1v) is 11.0. The second-order valence-corrected chi connectivity index (χ2v) is 8.28. The summed E-state index contributed by atoms with van der Waals surface area (Å²) in [5.74, 6) is 0.704. The van der Waals surface area contributed by atoms with Crippen molar-refractivity contribution in [2.45, 2.75) is 26.5 Å². The molecule has 0 amide bonds. The van der Waals surface area contributed by atoms with Crippen molar-refractivity contribution in [2.24, 2.45) is 0 Å². The minimum Gasteiger partial charge on any atom is -0.489 e. The van der Waals surface area contributed by atoms with Gasteiger partial charge in [0, 0.05) is 29.4 Å². The van der Waals surface area contributed by atoms with E-state index in [4.69, 9.17) is 17.0 Å². The number of thiocarbonyl (C=S) groups is 1. The fourth-order valence-electron chi connectivity index (χ4n) is 3.89. The van der Waals surface area contributed by atoms with Gasteiger partial charge in [0.1, 0.15) is 12.4 Å². The van der Waals surface area contributed by atoms with Crippen molar-refractivity contribution in [2.75, 3.05) is 7.05 Å². The Morgan fingerprint density at radius 2 is 1.62 bits per heavy atom. The fourth-order valence-corrected chi connectivity index (χ4v) is 4.14. The predicted molar refractivity (Wildman–Crippen MR) is 132 cm³/mol. The van der Waals surface area contributed by atoms with E-state index in [9.17, 15) is 4.79 Å². The van der Waals surface area contributed by atoms with Crippen molar-refractivity contribution >= 4 is 23.1 Å². The van der Waals surface area contributed by atoms with E-state index in [0.717, 1.165) is 22.6 Å². The zero-order chi connectivity index (χ0) is 22.7. The molecule has 0 saturated heterocycles. The van der Waals surface area contributed by atoms with Crippen LogP contribution in [0.5, 0.6) is 5.75 Å². The van der Waals surface area contributed by atoms with Gasteiger partial charge in [0.25, 0.3) is 0 Å². The van der Waals surface area contributed by atoms with E-state index < -0.39 is 6.04 Å². The Bertz CT molecular complexity index is 1190. The Labute approximate surface area is 194 Å². The van der Waals surface area contributed by atoms with Crippen molar-refractivity contribution in [1.82, 2.24) is 10.2 Å². The second-order valence-electron chi connectivity index (χ2n) is 7.89. The Morgan fingerprint density at radius 3 is 2.38 bits per heavy atom. The molecule has 162 valence electrons. The van der Waals surface area contributed by atoms with Crippen LogP contribution in [0.2, 0.25) is 0 Å². The number of rotatable bonds is 6. The van der Waals surface area contributed by atoms with Crippen molar-refractivity contribution in [3.8, 4) is 5.75 Å². The molecule has 1 N–H and O–H groups in total. The number of aryl methyl sites for hydroxylation is 1. The third-order valence-corrected chi connectivity index (χ3v) is 6.30. The summed E-state index contributed by atoms with van der Waals surface area (Å²) < 4.78 is 6.26. The summed E-state index contributed by atoms with van der Waals surface area (Å²) in [4.78, 5) is 15.4. The normalized spacial score (nSPS) is 16.0. The standard InChI is InChI=1S/C27H26N2O2S/c1-18-11-7-8-14-21(18)17-31-23-16-10-9-15-22(23)25-24(19(2)29(3)27(32)28-25)26(30)20-12-5-4-6-13-20/h4-16,25H,17H2,1-3H3,(H,28,32). The maximum atomic E-state index is 13.6. The van der Waals surface area contributed by atoms with Crippen LogP contribution in [0.15, 0.2) is 90.1 Å². The molecule has 1 atom stereocenters. The number of ketones is 1. The zero-order valence-electron chi connectivity index (χ0n) is 18.5. The van der Waals surface area contributed by atoms with Gasteiger partial charge in [-0.3, -0.25) is 4.79 Å². The average Bonchev–Trinajstić information content (AvgIpc) is 2.82. The predicted octanol–water partition coefficient (Wildman–Crippen LogP) is 5.59. The van der Waals surface area contributed by atoms with Crippen molar-refractivity contribution < 1.29 is 9.53 Å². The van der Waals surface area contributed by atoms with Crippen LogP contribution < -0.4 is 10.1 Å². The summed E-state index contributed by atoms with van der Waals surface area (Å²) in [7, 11) is 1.87. The highest BCUT2D eigenvalue weighted by Crippen LogP contribution is 2.36. The molecule has 4 nitrogen and oxygen atoms in total. The fraction of sp³-hybridized carbons (Fsp3) is 0.185. The summed E-state index contributed by atoms with van der Waals surface area (Å²) in [6, 6.07) is 24.9. The number of carbonyl (C=O) groups excluding carboxylic acids is 1. The topological polar surface area (TPSA) is 41.6 Å². The summed E-state index contributed by atoms with van der Waals surface area (Å²) >= 11 is 5.57. The summed E-state index contributed by atoms with van der Waals surface area (Å²) in [6.45, 7) is 4.46. The smallest absolute Gasteiger partial charge is 0.193 e. The van der Waals surface area contributed by atoms with E-state index in [1.807, 2.05) is 85.6 Å². The lowest BCUT2D eigenvalue weighted by molar-refractivity contribution is 0.102. The Balaban J connectivity index is 1.73. The highest BCUT2D eigenvalue weighted by atomic mass is 32.1. The van der Waals surface area contributed by atoms with Gasteiger partial charge in [0.2, 0.25) is 0 Å². The van der Waals surface area contributed by atoms with Gasteiger partial charge < -0.3 is 15.0 Å². The van der Waals surface area contributed by atoms with Gasteiger partial charge in [-0.1, -0.05) is 72.8 Å². The van der Waals surface area contributed by atoms with Gasteiger partial charge in [-0.25, -0.2) is 0 Å². The molecule has 1 aliphatic rings. The molecule has 5 heteroatoms. The van der Waals surface area contributed by atoms with Gasteiger partial charge in [-0.15, -0.1) is 0 Å². The quantitative estimate of drug-likeness (QED) is 0.398. The molecule has 0 saturated carbocycles. The maximum Gasteiger partial charge on any atom is 0.193 e. The van der Waals surface area contributed by atoms with E-state index in [1.54, 1.807) is 0 Å². The largest absolute Gasteiger partial charge is 0.489 e. The van der Waals surface area contributed by atoms with Crippen LogP contribution in [-0.2, 0) is 6.61 Å². The van der Waals surface area contributed by atoms with E-state index in [2.05, 4.69) is 24.4 Å². The van der Waals surface area contributed by atoms with E-state index in [0.29, 0.717) is 22.9 Å². The molecule has 32 heavy (non-hydrogen) atoms. The molecule has 0 bridgehead atoms. The number of hydrogen-bond acceptors (Lipinski definition) is 3. The zero-order valence-corrected chi connectivity index (χ0v) is 19.3. The summed E-state index contributed by atoms with van der Waals surface area (Å²) in [6.07, 6.45) is 0. The number of para-hydroxylation sites is 1. The Kier molecular flexibility index (Phi) is 6.37. The highest BCUT2D eigenvalue weighted by Gasteiger charge is 2.34. The molecule has 3 aromatic carbocycles. The molecule has 0 fully saturated rings. The van der Waals surface area contributed by atoms with Crippen LogP contribution in [-0.4, -0.2) is 22.8 Å². The first kappa shape index (κ1) is 21.8. The molecule has 4 rings (SSSR count). The number of allylic oxidation sites excluding steroid dienone is 1. The number of nitrogens with one attached hydrogen (secondary N) is 1. The Morgan fingerprint density at radius 1 is 0.969 bits per heavy atom. The molecule has 0 spiro atoms. The maximum absolute atomic E-state index is 13.6. The van der Waals surface area contributed by atoms with Gasteiger partial charge in [0.15, 0.2) is 10.9 Å². The van der Waals surface area contributed by atoms with Crippen molar-refractivity contribution in [3.05, 3.63) is 112 Å². The number of nitrogens with zero attached hydrogens (tertiary/aromatic N) is 1. The van der Waals surface area contributed by atoms with Crippen molar-refractivity contribution in [3.63, 3.8) is 0 Å². The average molecular weight is 443 g/mol. The minimum atomic E-state index is -0.403. The molecule has 1 heterocycles. The first-order valence-electron chi connectivity index (χ1n) is 10.6. The number of Topliss-reactive ketones (excluding diaryl/α,β-unsaturated/α-hetero) is 1. The van der Waals surface area contributed by atoms with E-state index in [1.165, 1.54) is 5.56 Å². The third-order valence-electron chi connectivity index (χ3n) is 5.91. The number of benzene rings is 3. The molecule has 0 radical (unpaired) electrons. The number of hydrogen-bond donors (Lipinski definition) is 1. The van der Waals surface area contributed by atoms with Gasteiger partial charge >= 0.3 is 0 Å². The van der Waals surface area contributed by atoms with Gasteiger partial charge in [-0.2, -0.15) is 0 Å². The van der Waals surface area contributed by atoms with Crippen LogP contribution in [0.1, 0.15) is 40.0 Å². The lowest BCUT2D eigenvalue weighted by Gasteiger charge is -2.36. The minimum absolute atomic E-state index is 0.0244. The SMILES string of the molecule is CC1=C(C(=O)c2ccccc2)C(c2ccccc2OCc2ccccc2C)NC(=S)N1C. The molecular weight excluding hydrogens is 416 g/mol. The van der Waals surface area contributed by atoms with Crippen LogP contribution >= 0.6 is 12.2 Å². The first-order chi connectivity index (χ1) is 15.5. The molecule has 3 aromatic rings. The molecular formula is C27H26N2O2S. The van der Waals surface area contributed by atoms with Gasteiger partial charge in [0.05, 0.1) is 6.04 Å². The van der Waals surface area contributed by atoms with E-state index in [-0.39, 0.29) is 5.78 Å². The summed E-state index contributed by atoms with van der Waals surface area (Å²) in [5, 5.41) is 3.94. The Hall–Kier alpha value is -3.44. The number of carbonyl (C=O) groups is 1. The molecule has 1 aliphatic heterocycles.